The zero-order chi connectivity index (χ0) is 29.1. The molecule has 0 unspecified atom stereocenters. The van der Waals surface area contributed by atoms with Gasteiger partial charge in [-0.3, -0.25) is 9.59 Å². The summed E-state index contributed by atoms with van der Waals surface area (Å²) in [4.78, 5) is 29.5. The van der Waals surface area contributed by atoms with Gasteiger partial charge in [0.1, 0.15) is 0 Å². The van der Waals surface area contributed by atoms with Gasteiger partial charge in [-0.1, -0.05) is 166 Å². The van der Waals surface area contributed by atoms with Gasteiger partial charge in [0.05, 0.1) is 5.56 Å². The third kappa shape index (κ3) is 10.7. The molecule has 0 fully saturated rings. The maximum Gasteiger partial charge on any atom is 0.196 e. The van der Waals surface area contributed by atoms with Crippen molar-refractivity contribution in [3.05, 3.63) is 64.7 Å². The highest BCUT2D eigenvalue weighted by Gasteiger charge is 2.32. The maximum absolute atomic E-state index is 13.7. The summed E-state index contributed by atoms with van der Waals surface area (Å²) in [6.07, 6.45) is 26.3. The van der Waals surface area contributed by atoms with E-state index in [0.717, 1.165) is 31.6 Å². The van der Waals surface area contributed by atoms with E-state index in [2.05, 4.69) is 24.8 Å². The van der Waals surface area contributed by atoms with E-state index in [-0.39, 0.29) is 11.6 Å². The Bertz CT molecular complexity index is 1020. The van der Waals surface area contributed by atoms with E-state index in [0.29, 0.717) is 22.3 Å². The summed E-state index contributed by atoms with van der Waals surface area (Å²) in [5.74, 6) is -0.0168. The third-order valence-electron chi connectivity index (χ3n) is 8.83. The summed E-state index contributed by atoms with van der Waals surface area (Å²) in [5.41, 5.74) is 3.24. The predicted molar refractivity (Wildman–Crippen MR) is 176 cm³/mol. The average Bonchev–Trinajstić information content (AvgIpc) is 3.00. The molecule has 41 heavy (non-hydrogen) atoms. The smallest absolute Gasteiger partial charge is 0.196 e. The number of carbonyl (C=O) groups excluding carboxylic acids is 2. The lowest BCUT2D eigenvalue weighted by Crippen LogP contribution is -2.30. The van der Waals surface area contributed by atoms with E-state index in [1.807, 2.05) is 30.3 Å². The molecule has 0 atom stereocenters. The minimum absolute atomic E-state index is 0.00180. The molecule has 2 aromatic carbocycles. The van der Waals surface area contributed by atoms with E-state index < -0.39 is 0 Å². The summed E-state index contributed by atoms with van der Waals surface area (Å²) in [6.45, 7) is 6.45. The van der Waals surface area contributed by atoms with Gasteiger partial charge in [-0.2, -0.15) is 0 Å². The Labute approximate surface area is 251 Å². The Morgan fingerprint density at radius 3 is 1.29 bits per heavy atom. The summed E-state index contributed by atoms with van der Waals surface area (Å²) < 4.78 is 0. The van der Waals surface area contributed by atoms with Crippen LogP contribution in [-0.4, -0.2) is 24.7 Å². The van der Waals surface area contributed by atoms with Crippen LogP contribution in [0.2, 0.25) is 0 Å². The molecule has 0 radical (unpaired) electrons. The second-order valence-corrected chi connectivity index (χ2v) is 12.3. The van der Waals surface area contributed by atoms with Crippen LogP contribution >= 0.6 is 0 Å². The molecule has 0 heterocycles. The first-order valence-electron chi connectivity index (χ1n) is 17.2. The van der Waals surface area contributed by atoms with Crippen molar-refractivity contribution in [2.24, 2.45) is 0 Å². The van der Waals surface area contributed by atoms with Gasteiger partial charge in [0.2, 0.25) is 0 Å². The Kier molecular flexibility index (Phi) is 15.9. The van der Waals surface area contributed by atoms with Crippen molar-refractivity contribution in [1.29, 1.82) is 0 Å². The second kappa shape index (κ2) is 19.7. The molecule has 1 aliphatic rings. The van der Waals surface area contributed by atoms with Gasteiger partial charge >= 0.3 is 0 Å². The van der Waals surface area contributed by atoms with Crippen molar-refractivity contribution in [3.63, 3.8) is 0 Å². The number of benzene rings is 2. The Morgan fingerprint density at radius 2 is 0.829 bits per heavy atom. The minimum atomic E-state index is -0.0186. The fraction of sp³-hybridized carbons (Fsp3) is 0.632. The zero-order valence-electron chi connectivity index (χ0n) is 26.4. The predicted octanol–water partition coefficient (Wildman–Crippen LogP) is 11.1. The van der Waals surface area contributed by atoms with Crippen molar-refractivity contribution in [2.75, 3.05) is 18.0 Å². The summed E-state index contributed by atoms with van der Waals surface area (Å²) in [6, 6.07) is 13.2. The van der Waals surface area contributed by atoms with Gasteiger partial charge in [-0.15, -0.1) is 0 Å². The highest BCUT2D eigenvalue weighted by Crippen LogP contribution is 2.34. The van der Waals surface area contributed by atoms with Crippen molar-refractivity contribution in [2.45, 2.75) is 142 Å². The number of hydrogen-bond acceptors (Lipinski definition) is 3. The molecule has 0 saturated carbocycles. The second-order valence-electron chi connectivity index (χ2n) is 12.3. The molecule has 3 rings (SSSR count). The first-order valence-corrected chi connectivity index (χ1v) is 17.2. The highest BCUT2D eigenvalue weighted by molar-refractivity contribution is 6.30. The molecule has 0 amide bonds. The van der Waals surface area contributed by atoms with Gasteiger partial charge < -0.3 is 4.90 Å². The monoisotopic (exact) mass is 559 g/mol. The topological polar surface area (TPSA) is 37.4 Å². The van der Waals surface area contributed by atoms with Gasteiger partial charge in [0.15, 0.2) is 11.6 Å². The van der Waals surface area contributed by atoms with Crippen molar-refractivity contribution in [3.8, 4) is 0 Å². The lowest BCUT2D eigenvalue weighted by Gasteiger charge is -2.29. The van der Waals surface area contributed by atoms with Gasteiger partial charge in [0.25, 0.3) is 0 Å². The van der Waals surface area contributed by atoms with Crippen LogP contribution in [-0.2, 0) is 0 Å². The number of nitrogens with zero attached hydrogens (tertiary/aromatic N) is 1. The normalized spacial score (nSPS) is 12.4. The molecule has 0 N–H and O–H groups in total. The molecular weight excluding hydrogens is 502 g/mol. The van der Waals surface area contributed by atoms with Crippen molar-refractivity contribution in [1.82, 2.24) is 0 Å². The molecule has 0 saturated heterocycles. The Morgan fingerprint density at radius 1 is 0.439 bits per heavy atom. The maximum atomic E-state index is 13.7. The van der Waals surface area contributed by atoms with E-state index in [1.54, 1.807) is 6.07 Å². The lowest BCUT2D eigenvalue weighted by molar-refractivity contribution is 0.0979. The fourth-order valence-electron chi connectivity index (χ4n) is 6.32. The highest BCUT2D eigenvalue weighted by atomic mass is 16.1. The largest absolute Gasteiger partial charge is 0.371 e. The number of fused-ring (bicyclic) bond motifs is 2. The molecule has 0 aromatic heterocycles. The van der Waals surface area contributed by atoms with E-state index in [1.165, 1.54) is 116 Å². The molecule has 0 bridgehead atoms. The SMILES string of the molecule is CCCCCCCCCCCCN(CCCCCCCCCCCC)c1cccc2c1C(=O)c1ccccc1C2=O. The molecule has 3 nitrogen and oxygen atoms in total. The number of hydrogen-bond donors (Lipinski definition) is 0. The van der Waals surface area contributed by atoms with Crippen LogP contribution in [0, 0.1) is 0 Å². The summed E-state index contributed by atoms with van der Waals surface area (Å²) in [7, 11) is 0. The van der Waals surface area contributed by atoms with E-state index in [9.17, 15) is 9.59 Å². The number of carbonyl (C=O) groups is 2. The summed E-state index contributed by atoms with van der Waals surface area (Å²) in [5, 5.41) is 0. The van der Waals surface area contributed by atoms with E-state index in [4.69, 9.17) is 0 Å². The first-order chi connectivity index (χ1) is 20.2. The molecule has 1 aliphatic carbocycles. The fourth-order valence-corrected chi connectivity index (χ4v) is 6.32. The van der Waals surface area contributed by atoms with Crippen LogP contribution in [0.25, 0.3) is 0 Å². The van der Waals surface area contributed by atoms with Gasteiger partial charge in [-0.25, -0.2) is 0 Å². The van der Waals surface area contributed by atoms with Crippen LogP contribution in [0.5, 0.6) is 0 Å². The van der Waals surface area contributed by atoms with E-state index >= 15 is 0 Å². The van der Waals surface area contributed by atoms with Gasteiger partial charge in [0, 0.05) is 35.5 Å². The standard InChI is InChI=1S/C38H57NO2/c1-3-5-7-9-11-13-15-17-19-23-30-39(31-24-20-18-16-14-12-10-8-6-4-2)35-29-25-28-34-36(35)38(41)33-27-22-21-26-32(33)37(34)40/h21-22,25-29H,3-20,23-24,30-31H2,1-2H3. The minimum Gasteiger partial charge on any atom is -0.371 e. The molecule has 2 aromatic rings. The zero-order valence-corrected chi connectivity index (χ0v) is 26.4. The van der Waals surface area contributed by atoms with Crippen LogP contribution in [0.15, 0.2) is 42.5 Å². The molecule has 0 aliphatic heterocycles. The quantitative estimate of drug-likeness (QED) is 0.108. The summed E-state index contributed by atoms with van der Waals surface area (Å²) >= 11 is 0. The van der Waals surface area contributed by atoms with Crippen LogP contribution in [0.4, 0.5) is 5.69 Å². The van der Waals surface area contributed by atoms with Crippen LogP contribution in [0.3, 0.4) is 0 Å². The van der Waals surface area contributed by atoms with Gasteiger partial charge in [-0.05, 0) is 18.9 Å². The van der Waals surface area contributed by atoms with Crippen LogP contribution in [0.1, 0.15) is 174 Å². The molecular formula is C38H57NO2. The molecule has 226 valence electrons. The average molecular weight is 560 g/mol. The number of rotatable bonds is 23. The first kappa shape index (κ1) is 33.1. The number of ketones is 2. The lowest BCUT2D eigenvalue weighted by atomic mass is 9.83. The Hall–Kier alpha value is -2.42. The molecule has 0 spiro atoms. The van der Waals surface area contributed by atoms with Crippen molar-refractivity contribution < 1.29 is 9.59 Å². The Balaban J connectivity index is 1.56. The third-order valence-corrected chi connectivity index (χ3v) is 8.83. The van der Waals surface area contributed by atoms with Crippen molar-refractivity contribution >= 4 is 17.3 Å². The number of unbranched alkanes of at least 4 members (excludes halogenated alkanes) is 18. The number of anilines is 1. The van der Waals surface area contributed by atoms with Crippen LogP contribution < -0.4 is 4.90 Å². The molecule has 3 heteroatoms.